The van der Waals surface area contributed by atoms with Gasteiger partial charge in [0.05, 0.1) is 17.2 Å². The lowest BCUT2D eigenvalue weighted by molar-refractivity contribution is 0.597. The molecule has 0 bridgehead atoms. The Morgan fingerprint density at radius 2 is 2.06 bits per heavy atom. The molecular weight excluding hydrogens is 240 g/mol. The fraction of sp³-hybridized carbons (Fsp3) is 0.600. The normalized spacial score (nSPS) is 19.9. The van der Waals surface area contributed by atoms with Crippen LogP contribution in [0.25, 0.3) is 0 Å². The molecule has 94 valence electrons. The van der Waals surface area contributed by atoms with Crippen LogP contribution in [0.15, 0.2) is 12.1 Å². The smallest absolute Gasteiger partial charge is 0.152 e. The van der Waals surface area contributed by atoms with Gasteiger partial charge in [-0.3, -0.25) is 0 Å². The van der Waals surface area contributed by atoms with Crippen LogP contribution in [0.3, 0.4) is 0 Å². The maximum atomic E-state index is 11.5. The van der Waals surface area contributed by atoms with E-state index in [1.165, 1.54) is 0 Å². The fourth-order valence-electron chi connectivity index (χ4n) is 1.80. The third kappa shape index (κ3) is 3.13. The average Bonchev–Trinajstić information content (AvgIpc) is 2.50. The maximum absolute atomic E-state index is 11.5. The minimum atomic E-state index is -2.88. The van der Waals surface area contributed by atoms with Crippen molar-refractivity contribution in [3.63, 3.8) is 0 Å². The summed E-state index contributed by atoms with van der Waals surface area (Å²) >= 11 is 0. The zero-order valence-electron chi connectivity index (χ0n) is 9.54. The summed E-state index contributed by atoms with van der Waals surface area (Å²) in [6.07, 6.45) is 0.642. The SMILES string of the molecule is NCc1ccc(N2CCCS(=O)(=O)CC2)nn1. The zero-order valence-corrected chi connectivity index (χ0v) is 10.4. The number of nitrogens with zero attached hydrogens (tertiary/aromatic N) is 3. The minimum absolute atomic E-state index is 0.188. The predicted molar refractivity (Wildman–Crippen MR) is 65.4 cm³/mol. The van der Waals surface area contributed by atoms with Gasteiger partial charge in [-0.25, -0.2) is 8.42 Å². The van der Waals surface area contributed by atoms with Crippen molar-refractivity contribution in [3.8, 4) is 0 Å². The molecule has 1 aliphatic heterocycles. The monoisotopic (exact) mass is 256 g/mol. The molecular formula is C10H16N4O2S. The van der Waals surface area contributed by atoms with Crippen molar-refractivity contribution in [2.24, 2.45) is 5.73 Å². The number of nitrogens with two attached hydrogens (primary N) is 1. The van der Waals surface area contributed by atoms with Gasteiger partial charge in [0.2, 0.25) is 0 Å². The van der Waals surface area contributed by atoms with Crippen molar-refractivity contribution in [1.82, 2.24) is 10.2 Å². The van der Waals surface area contributed by atoms with Gasteiger partial charge in [-0.2, -0.15) is 5.10 Å². The van der Waals surface area contributed by atoms with Gasteiger partial charge >= 0.3 is 0 Å². The Morgan fingerprint density at radius 3 is 2.71 bits per heavy atom. The highest BCUT2D eigenvalue weighted by Gasteiger charge is 2.19. The van der Waals surface area contributed by atoms with Gasteiger partial charge in [0.15, 0.2) is 15.7 Å². The molecule has 0 radical (unpaired) electrons. The first-order valence-electron chi connectivity index (χ1n) is 5.59. The van der Waals surface area contributed by atoms with E-state index in [0.717, 1.165) is 11.5 Å². The second kappa shape index (κ2) is 4.97. The third-order valence-electron chi connectivity index (χ3n) is 2.79. The molecule has 1 aliphatic rings. The summed E-state index contributed by atoms with van der Waals surface area (Å²) in [6.45, 7) is 1.55. The highest BCUT2D eigenvalue weighted by atomic mass is 32.2. The molecule has 0 saturated carbocycles. The van der Waals surface area contributed by atoms with Crippen molar-refractivity contribution in [2.45, 2.75) is 13.0 Å². The number of hydrogen-bond donors (Lipinski definition) is 1. The minimum Gasteiger partial charge on any atom is -0.354 e. The van der Waals surface area contributed by atoms with Gasteiger partial charge < -0.3 is 10.6 Å². The molecule has 2 N–H and O–H groups in total. The first kappa shape index (κ1) is 12.3. The number of sulfone groups is 1. The van der Waals surface area contributed by atoms with Crippen LogP contribution in [-0.4, -0.2) is 43.2 Å². The second-order valence-electron chi connectivity index (χ2n) is 4.08. The molecule has 0 aromatic carbocycles. The summed E-state index contributed by atoms with van der Waals surface area (Å²) in [6, 6.07) is 3.66. The van der Waals surface area contributed by atoms with E-state index in [2.05, 4.69) is 10.2 Å². The first-order chi connectivity index (χ1) is 8.11. The van der Waals surface area contributed by atoms with Crippen molar-refractivity contribution in [1.29, 1.82) is 0 Å². The molecule has 7 heteroatoms. The fourth-order valence-corrected chi connectivity index (χ4v) is 3.07. The summed E-state index contributed by atoms with van der Waals surface area (Å²) in [5.41, 5.74) is 6.18. The molecule has 0 aliphatic carbocycles. The zero-order chi connectivity index (χ0) is 12.3. The van der Waals surface area contributed by atoms with Crippen molar-refractivity contribution >= 4 is 15.7 Å². The van der Waals surface area contributed by atoms with Crippen LogP contribution in [0.2, 0.25) is 0 Å². The Morgan fingerprint density at radius 1 is 1.24 bits per heavy atom. The van der Waals surface area contributed by atoms with Crippen LogP contribution >= 0.6 is 0 Å². The molecule has 1 fully saturated rings. The van der Waals surface area contributed by atoms with Gasteiger partial charge in [0.1, 0.15) is 0 Å². The van der Waals surface area contributed by atoms with Crippen molar-refractivity contribution in [2.75, 3.05) is 29.5 Å². The Labute approximate surface area is 101 Å². The topological polar surface area (TPSA) is 89.2 Å². The first-order valence-corrected chi connectivity index (χ1v) is 7.41. The van der Waals surface area contributed by atoms with Gasteiger partial charge in [-0.05, 0) is 18.6 Å². The lowest BCUT2D eigenvalue weighted by Gasteiger charge is -2.19. The highest BCUT2D eigenvalue weighted by molar-refractivity contribution is 7.91. The molecule has 1 aromatic heterocycles. The molecule has 0 unspecified atom stereocenters. The van der Waals surface area contributed by atoms with Crippen molar-refractivity contribution in [3.05, 3.63) is 17.8 Å². The van der Waals surface area contributed by atoms with Crippen molar-refractivity contribution < 1.29 is 8.42 Å². The molecule has 17 heavy (non-hydrogen) atoms. The van der Waals surface area contributed by atoms with E-state index in [4.69, 9.17) is 5.73 Å². The Kier molecular flexibility index (Phi) is 3.58. The van der Waals surface area contributed by atoms with E-state index in [1.807, 2.05) is 17.0 Å². The van der Waals surface area contributed by atoms with Gasteiger partial charge in [-0.15, -0.1) is 5.10 Å². The third-order valence-corrected chi connectivity index (χ3v) is 4.51. The number of hydrogen-bond acceptors (Lipinski definition) is 6. The van der Waals surface area contributed by atoms with Crippen LogP contribution in [0, 0.1) is 0 Å². The van der Waals surface area contributed by atoms with E-state index in [0.29, 0.717) is 26.1 Å². The van der Waals surface area contributed by atoms with Crippen LogP contribution < -0.4 is 10.6 Å². The lowest BCUT2D eigenvalue weighted by Crippen LogP contribution is -2.27. The molecule has 0 atom stereocenters. The molecule has 2 heterocycles. The summed E-state index contributed by atoms with van der Waals surface area (Å²) in [7, 11) is -2.88. The standard InChI is InChI=1S/C10H16N4O2S/c11-8-9-2-3-10(13-12-9)14-4-1-6-17(15,16)7-5-14/h2-3H,1,4-8,11H2. The largest absolute Gasteiger partial charge is 0.354 e. The predicted octanol–water partition coefficient (Wildman–Crippen LogP) is -0.440. The molecule has 0 spiro atoms. The van der Waals surface area contributed by atoms with E-state index in [1.54, 1.807) is 0 Å². The quantitative estimate of drug-likeness (QED) is 0.771. The summed E-state index contributed by atoms with van der Waals surface area (Å²) < 4.78 is 22.9. The molecule has 2 rings (SSSR count). The average molecular weight is 256 g/mol. The van der Waals surface area contributed by atoms with E-state index in [9.17, 15) is 8.42 Å². The molecule has 1 aromatic rings. The second-order valence-corrected chi connectivity index (χ2v) is 6.38. The number of aromatic nitrogens is 2. The Bertz CT molecular complexity index is 472. The summed E-state index contributed by atoms with van der Waals surface area (Å²) in [5.74, 6) is 1.17. The van der Waals surface area contributed by atoms with E-state index < -0.39 is 9.84 Å². The van der Waals surface area contributed by atoms with Gasteiger partial charge in [-0.1, -0.05) is 0 Å². The van der Waals surface area contributed by atoms with Crippen LogP contribution in [0.4, 0.5) is 5.82 Å². The Balaban J connectivity index is 2.11. The van der Waals surface area contributed by atoms with Crippen LogP contribution in [0.1, 0.15) is 12.1 Å². The number of anilines is 1. The van der Waals surface area contributed by atoms with E-state index >= 15 is 0 Å². The molecule has 6 nitrogen and oxygen atoms in total. The van der Waals surface area contributed by atoms with Crippen LogP contribution in [0.5, 0.6) is 0 Å². The maximum Gasteiger partial charge on any atom is 0.152 e. The van der Waals surface area contributed by atoms with Crippen LogP contribution in [-0.2, 0) is 16.4 Å². The lowest BCUT2D eigenvalue weighted by atomic mass is 10.3. The summed E-state index contributed by atoms with van der Waals surface area (Å²) in [4.78, 5) is 1.96. The highest BCUT2D eigenvalue weighted by Crippen LogP contribution is 2.13. The molecule has 1 saturated heterocycles. The van der Waals surface area contributed by atoms with Gasteiger partial charge in [0, 0.05) is 19.6 Å². The van der Waals surface area contributed by atoms with E-state index in [-0.39, 0.29) is 11.5 Å². The molecule has 0 amide bonds. The Hall–Kier alpha value is -1.21. The van der Waals surface area contributed by atoms with Gasteiger partial charge in [0.25, 0.3) is 0 Å². The number of rotatable bonds is 2. The summed E-state index contributed by atoms with van der Waals surface area (Å²) in [5, 5.41) is 8.04.